The van der Waals surface area contributed by atoms with E-state index in [4.69, 9.17) is 16.0 Å². The number of hydrogen-bond acceptors (Lipinski definition) is 3. The van der Waals surface area contributed by atoms with E-state index >= 15 is 0 Å². The van der Waals surface area contributed by atoms with Crippen LogP contribution in [0.2, 0.25) is 0 Å². The lowest BCUT2D eigenvalue weighted by atomic mass is 9.75. The van der Waals surface area contributed by atoms with Crippen LogP contribution in [0.25, 0.3) is 17.4 Å². The number of rotatable bonds is 9. The largest absolute Gasteiger partial charge is 0.456 e. The van der Waals surface area contributed by atoms with Crippen molar-refractivity contribution >= 4 is 28.6 Å². The Hall–Kier alpha value is -2.85. The fourth-order valence-corrected chi connectivity index (χ4v) is 5.09. The molecule has 0 bridgehead atoms. The van der Waals surface area contributed by atoms with Gasteiger partial charge in [0.05, 0.1) is 6.07 Å². The number of unbranched alkanes of at least 4 members (excludes halogenated alkanes) is 2. The van der Waals surface area contributed by atoms with Gasteiger partial charge in [-0.15, -0.1) is 0 Å². The lowest BCUT2D eigenvalue weighted by Gasteiger charge is -2.36. The van der Waals surface area contributed by atoms with E-state index in [2.05, 4.69) is 91.9 Å². The van der Waals surface area contributed by atoms with Gasteiger partial charge < -0.3 is 9.32 Å². The summed E-state index contributed by atoms with van der Waals surface area (Å²) in [5.74, 6) is 1.85. The first-order valence-electron chi connectivity index (χ1n) is 12.6. The average molecular weight is 492 g/mol. The van der Waals surface area contributed by atoms with E-state index in [-0.39, 0.29) is 10.7 Å². The molecule has 1 aliphatic heterocycles. The van der Waals surface area contributed by atoms with Crippen molar-refractivity contribution in [3.05, 3.63) is 77.0 Å². The highest BCUT2D eigenvalue weighted by atomic mass is 35.5. The van der Waals surface area contributed by atoms with E-state index in [0.717, 1.165) is 61.2 Å². The number of hydrogen-bond donors (Lipinski definition) is 0. The van der Waals surface area contributed by atoms with Crippen LogP contribution in [-0.2, 0) is 10.2 Å². The van der Waals surface area contributed by atoms with E-state index in [9.17, 15) is 4.79 Å². The number of carbonyl (C=O) groups excluding carboxylic acids is 1. The van der Waals surface area contributed by atoms with Gasteiger partial charge in [-0.1, -0.05) is 32.0 Å². The Morgan fingerprint density at radius 1 is 1.09 bits per heavy atom. The highest BCUT2D eigenvalue weighted by Gasteiger charge is 2.32. The van der Waals surface area contributed by atoms with E-state index < -0.39 is 0 Å². The zero-order valence-corrected chi connectivity index (χ0v) is 22.1. The molecule has 2 aliphatic carbocycles. The normalized spacial score (nSPS) is 15.4. The minimum Gasteiger partial charge on any atom is -0.456 e. The Bertz CT molecular complexity index is 1260. The van der Waals surface area contributed by atoms with E-state index in [1.165, 1.54) is 16.9 Å². The SMILES string of the molecule is CC[N+](CCCCCC(=O)Cl)=c1ccc2cc3c(oc-2c1)C=C(N(C)c1ccccc1)CC3(C)C. The Morgan fingerprint density at radius 3 is 2.57 bits per heavy atom. The number of allylic oxidation sites excluding steroid dienone is 1. The topological polar surface area (TPSA) is 36.5 Å². The van der Waals surface area contributed by atoms with Crippen molar-refractivity contribution in [2.24, 2.45) is 0 Å². The quantitative estimate of drug-likeness (QED) is 0.191. The maximum atomic E-state index is 11.0. The van der Waals surface area contributed by atoms with Gasteiger partial charge in [0.2, 0.25) is 10.6 Å². The summed E-state index contributed by atoms with van der Waals surface area (Å²) in [6.07, 6.45) is 6.49. The molecule has 4 rings (SSSR count). The summed E-state index contributed by atoms with van der Waals surface area (Å²) < 4.78 is 8.93. The molecule has 0 spiro atoms. The summed E-state index contributed by atoms with van der Waals surface area (Å²) in [6.45, 7) is 8.63. The van der Waals surface area contributed by atoms with Crippen molar-refractivity contribution < 1.29 is 9.21 Å². The second-order valence-corrected chi connectivity index (χ2v) is 10.5. The molecule has 0 saturated carbocycles. The molecule has 0 amide bonds. The first-order valence-corrected chi connectivity index (χ1v) is 13.0. The summed E-state index contributed by atoms with van der Waals surface area (Å²) in [5, 5.41) is 0.921. The Morgan fingerprint density at radius 2 is 1.86 bits per heavy atom. The van der Waals surface area contributed by atoms with Crippen molar-refractivity contribution in [3.8, 4) is 11.3 Å². The Labute approximate surface area is 213 Å². The van der Waals surface area contributed by atoms with Crippen LogP contribution in [-0.4, -0.2) is 25.4 Å². The second kappa shape index (κ2) is 10.8. The van der Waals surface area contributed by atoms with Crippen LogP contribution in [0.1, 0.15) is 64.2 Å². The predicted molar refractivity (Wildman–Crippen MR) is 146 cm³/mol. The minimum absolute atomic E-state index is 0.0291. The highest BCUT2D eigenvalue weighted by Crippen LogP contribution is 2.42. The maximum absolute atomic E-state index is 11.0. The summed E-state index contributed by atoms with van der Waals surface area (Å²) >= 11 is 5.46. The second-order valence-electron chi connectivity index (χ2n) is 10.1. The molecule has 4 nitrogen and oxygen atoms in total. The molecule has 0 radical (unpaired) electrons. The third kappa shape index (κ3) is 5.87. The molecule has 0 aromatic heterocycles. The Balaban J connectivity index is 1.67. The third-order valence-electron chi connectivity index (χ3n) is 7.05. The van der Waals surface area contributed by atoms with Crippen LogP contribution in [0.3, 0.4) is 0 Å². The monoisotopic (exact) mass is 491 g/mol. The number of anilines is 1. The van der Waals surface area contributed by atoms with Gasteiger partial charge in [0.15, 0.2) is 0 Å². The Kier molecular flexibility index (Phi) is 7.81. The maximum Gasteiger partial charge on any atom is 0.221 e. The summed E-state index contributed by atoms with van der Waals surface area (Å²) in [6, 6.07) is 19.3. The molecule has 35 heavy (non-hydrogen) atoms. The van der Waals surface area contributed by atoms with E-state index in [1.807, 2.05) is 6.07 Å². The molecule has 1 aromatic carbocycles. The number of para-hydroxylation sites is 1. The van der Waals surface area contributed by atoms with Gasteiger partial charge in [-0.05, 0) is 67.5 Å². The van der Waals surface area contributed by atoms with Crippen molar-refractivity contribution in [2.75, 3.05) is 25.0 Å². The molecule has 3 aliphatic rings. The predicted octanol–water partition coefficient (Wildman–Crippen LogP) is 6.66. The van der Waals surface area contributed by atoms with Gasteiger partial charge in [-0.3, -0.25) is 4.79 Å². The molecule has 0 fully saturated rings. The first-order chi connectivity index (χ1) is 16.8. The smallest absolute Gasteiger partial charge is 0.221 e. The molecule has 184 valence electrons. The van der Waals surface area contributed by atoms with Gasteiger partial charge in [-0.25, -0.2) is 4.58 Å². The molecule has 0 N–H and O–H groups in total. The van der Waals surface area contributed by atoms with E-state index in [0.29, 0.717) is 6.42 Å². The van der Waals surface area contributed by atoms with Gasteiger partial charge in [0, 0.05) is 54.5 Å². The van der Waals surface area contributed by atoms with Crippen LogP contribution in [0, 0.1) is 0 Å². The van der Waals surface area contributed by atoms with Crippen LogP contribution < -0.4 is 14.8 Å². The van der Waals surface area contributed by atoms with E-state index in [1.54, 1.807) is 0 Å². The fourth-order valence-electron chi connectivity index (χ4n) is 4.96. The number of halogens is 1. The summed E-state index contributed by atoms with van der Waals surface area (Å²) in [7, 11) is 2.13. The molecule has 0 atom stereocenters. The van der Waals surface area contributed by atoms with Gasteiger partial charge in [-0.2, -0.15) is 0 Å². The highest BCUT2D eigenvalue weighted by molar-refractivity contribution is 6.63. The summed E-state index contributed by atoms with van der Waals surface area (Å²) in [4.78, 5) is 13.2. The van der Waals surface area contributed by atoms with Gasteiger partial charge >= 0.3 is 0 Å². The first kappa shape index (κ1) is 25.2. The van der Waals surface area contributed by atoms with Crippen molar-refractivity contribution in [2.45, 2.75) is 58.3 Å². The standard InChI is InChI=1S/C30H36ClN2O2/c1-5-33(17-11-7-10-14-29(31)34)24-16-15-22-18-26-28(35-27(22)19-24)20-25(21-30(26,2)3)32(4)23-12-8-6-9-13-23/h6,8-9,12-13,15-16,18-20H,5,7,10-11,14,17,21H2,1-4H3/q+1. The van der Waals surface area contributed by atoms with Crippen molar-refractivity contribution in [1.29, 1.82) is 0 Å². The lowest BCUT2D eigenvalue weighted by molar-refractivity contribution is -0.111. The summed E-state index contributed by atoms with van der Waals surface area (Å²) in [5.41, 5.74) is 4.78. The zero-order chi connectivity index (χ0) is 25.0. The molecular weight excluding hydrogens is 456 g/mol. The van der Waals surface area contributed by atoms with Crippen LogP contribution in [0.5, 0.6) is 0 Å². The van der Waals surface area contributed by atoms with Crippen LogP contribution >= 0.6 is 11.6 Å². The minimum atomic E-state index is -0.243. The number of carbonyl (C=O) groups is 1. The third-order valence-corrected chi connectivity index (χ3v) is 7.24. The number of fused-ring (bicyclic) bond motifs is 2. The lowest BCUT2D eigenvalue weighted by Crippen LogP contribution is -2.31. The molecule has 0 unspecified atom stereocenters. The zero-order valence-electron chi connectivity index (χ0n) is 21.3. The number of benzene rings is 2. The van der Waals surface area contributed by atoms with Crippen molar-refractivity contribution in [1.82, 2.24) is 4.58 Å². The number of nitrogens with zero attached hydrogens (tertiary/aromatic N) is 2. The fraction of sp³-hybridized carbons (Fsp3) is 0.400. The molecule has 1 heterocycles. The van der Waals surface area contributed by atoms with Crippen LogP contribution in [0.4, 0.5) is 5.69 Å². The average Bonchev–Trinajstić information content (AvgIpc) is 2.84. The molecule has 0 saturated heterocycles. The molecule has 5 heteroatoms. The van der Waals surface area contributed by atoms with Crippen LogP contribution in [0.15, 0.2) is 64.7 Å². The van der Waals surface area contributed by atoms with Gasteiger partial charge in [0.25, 0.3) is 0 Å². The molecular formula is C30H36ClN2O2+. The van der Waals surface area contributed by atoms with Gasteiger partial charge in [0.1, 0.15) is 24.6 Å². The molecule has 1 aromatic rings. The van der Waals surface area contributed by atoms with Crippen molar-refractivity contribution in [3.63, 3.8) is 0 Å².